The summed E-state index contributed by atoms with van der Waals surface area (Å²) >= 11 is 0. The summed E-state index contributed by atoms with van der Waals surface area (Å²) in [5.74, 6) is 0.0462. The summed E-state index contributed by atoms with van der Waals surface area (Å²) in [6.07, 6.45) is 1.85. The third-order valence-corrected chi connectivity index (χ3v) is 3.85. The van der Waals surface area contributed by atoms with Gasteiger partial charge in [0, 0.05) is 25.9 Å². The SMILES string of the molecule is CNC(=O)CCOC(C)(C)CCOC(C)(C)CCNC(=O)C(C)C. The molecular weight excluding hydrogens is 308 g/mol. The molecule has 0 heterocycles. The third kappa shape index (κ3) is 11.4. The van der Waals surface area contributed by atoms with Gasteiger partial charge in [-0.2, -0.15) is 0 Å². The molecule has 0 fully saturated rings. The van der Waals surface area contributed by atoms with Gasteiger partial charge in [-0.3, -0.25) is 9.59 Å². The summed E-state index contributed by atoms with van der Waals surface area (Å²) in [6.45, 7) is 13.4. The highest BCUT2D eigenvalue weighted by molar-refractivity contribution is 5.77. The van der Waals surface area contributed by atoms with Gasteiger partial charge in [0.2, 0.25) is 11.8 Å². The van der Waals surface area contributed by atoms with E-state index in [-0.39, 0.29) is 28.9 Å². The Morgan fingerprint density at radius 1 is 0.958 bits per heavy atom. The molecule has 0 aliphatic rings. The summed E-state index contributed by atoms with van der Waals surface area (Å²) in [7, 11) is 1.62. The second-order valence-corrected chi connectivity index (χ2v) is 7.59. The molecule has 0 saturated carbocycles. The first kappa shape index (κ1) is 22.9. The van der Waals surface area contributed by atoms with Crippen molar-refractivity contribution in [3.63, 3.8) is 0 Å². The maximum Gasteiger partial charge on any atom is 0.222 e. The van der Waals surface area contributed by atoms with Gasteiger partial charge in [-0.25, -0.2) is 0 Å². The van der Waals surface area contributed by atoms with Crippen LogP contribution in [0.15, 0.2) is 0 Å². The first-order chi connectivity index (χ1) is 11.0. The van der Waals surface area contributed by atoms with Crippen LogP contribution in [-0.4, -0.2) is 49.8 Å². The lowest BCUT2D eigenvalue weighted by atomic mass is 10.0. The highest BCUT2D eigenvalue weighted by Crippen LogP contribution is 2.19. The zero-order chi connectivity index (χ0) is 18.8. The predicted octanol–water partition coefficient (Wildman–Crippen LogP) is 2.27. The minimum Gasteiger partial charge on any atom is -0.375 e. The summed E-state index contributed by atoms with van der Waals surface area (Å²) in [5.41, 5.74) is -0.640. The van der Waals surface area contributed by atoms with E-state index in [2.05, 4.69) is 10.6 Å². The van der Waals surface area contributed by atoms with Crippen molar-refractivity contribution >= 4 is 11.8 Å². The number of hydrogen-bond donors (Lipinski definition) is 2. The van der Waals surface area contributed by atoms with Crippen LogP contribution in [0.1, 0.15) is 60.8 Å². The molecule has 0 aromatic rings. The number of ether oxygens (including phenoxy) is 2. The molecule has 0 rings (SSSR count). The van der Waals surface area contributed by atoms with E-state index in [0.29, 0.717) is 26.2 Å². The lowest BCUT2D eigenvalue weighted by Gasteiger charge is -2.30. The molecule has 6 heteroatoms. The van der Waals surface area contributed by atoms with Gasteiger partial charge in [0.1, 0.15) is 0 Å². The van der Waals surface area contributed by atoms with Gasteiger partial charge < -0.3 is 20.1 Å². The topological polar surface area (TPSA) is 76.7 Å². The average Bonchev–Trinajstić information content (AvgIpc) is 2.45. The van der Waals surface area contributed by atoms with Crippen molar-refractivity contribution in [2.24, 2.45) is 5.92 Å². The average molecular weight is 344 g/mol. The van der Waals surface area contributed by atoms with E-state index in [1.165, 1.54) is 0 Å². The molecule has 0 spiro atoms. The minimum absolute atomic E-state index is 0.00164. The second-order valence-electron chi connectivity index (χ2n) is 7.59. The highest BCUT2D eigenvalue weighted by Gasteiger charge is 2.23. The van der Waals surface area contributed by atoms with Crippen molar-refractivity contribution in [2.45, 2.75) is 72.0 Å². The van der Waals surface area contributed by atoms with Gasteiger partial charge in [-0.15, -0.1) is 0 Å². The molecule has 0 bridgehead atoms. The summed E-state index contributed by atoms with van der Waals surface area (Å²) in [4.78, 5) is 22.7. The Hall–Kier alpha value is -1.14. The first-order valence-corrected chi connectivity index (χ1v) is 8.75. The van der Waals surface area contributed by atoms with Gasteiger partial charge in [0.25, 0.3) is 0 Å². The molecule has 0 atom stereocenters. The Bertz CT molecular complexity index is 392. The summed E-state index contributed by atoms with van der Waals surface area (Å²) in [6, 6.07) is 0. The largest absolute Gasteiger partial charge is 0.375 e. The van der Waals surface area contributed by atoms with E-state index in [4.69, 9.17) is 9.47 Å². The fourth-order valence-corrected chi connectivity index (χ4v) is 1.95. The Morgan fingerprint density at radius 3 is 2.04 bits per heavy atom. The molecule has 0 unspecified atom stereocenters. The maximum absolute atomic E-state index is 11.5. The van der Waals surface area contributed by atoms with E-state index in [1.54, 1.807) is 7.05 Å². The van der Waals surface area contributed by atoms with E-state index < -0.39 is 0 Å². The fourth-order valence-electron chi connectivity index (χ4n) is 1.95. The van der Waals surface area contributed by atoms with E-state index in [0.717, 1.165) is 12.8 Å². The van der Waals surface area contributed by atoms with E-state index in [9.17, 15) is 9.59 Å². The zero-order valence-electron chi connectivity index (χ0n) is 16.5. The van der Waals surface area contributed by atoms with Crippen molar-refractivity contribution in [2.75, 3.05) is 26.8 Å². The predicted molar refractivity (Wildman–Crippen MR) is 95.8 cm³/mol. The fraction of sp³-hybridized carbons (Fsp3) is 0.889. The van der Waals surface area contributed by atoms with Crippen LogP contribution in [0.4, 0.5) is 0 Å². The Morgan fingerprint density at radius 2 is 1.50 bits per heavy atom. The quantitative estimate of drug-likeness (QED) is 0.569. The molecule has 142 valence electrons. The number of amides is 2. The molecule has 0 radical (unpaired) electrons. The normalized spacial score (nSPS) is 12.3. The Labute approximate surface area is 147 Å². The van der Waals surface area contributed by atoms with E-state index in [1.807, 2.05) is 41.5 Å². The zero-order valence-corrected chi connectivity index (χ0v) is 16.5. The van der Waals surface area contributed by atoms with Crippen molar-refractivity contribution in [3.8, 4) is 0 Å². The monoisotopic (exact) mass is 344 g/mol. The smallest absolute Gasteiger partial charge is 0.222 e. The molecule has 2 amide bonds. The number of hydrogen-bond acceptors (Lipinski definition) is 4. The van der Waals surface area contributed by atoms with Gasteiger partial charge in [0.05, 0.1) is 24.4 Å². The second kappa shape index (κ2) is 10.7. The highest BCUT2D eigenvalue weighted by atomic mass is 16.5. The van der Waals surface area contributed by atoms with Crippen molar-refractivity contribution < 1.29 is 19.1 Å². The van der Waals surface area contributed by atoms with E-state index >= 15 is 0 Å². The van der Waals surface area contributed by atoms with Crippen LogP contribution in [0, 0.1) is 5.92 Å². The van der Waals surface area contributed by atoms with Crippen molar-refractivity contribution in [1.29, 1.82) is 0 Å². The lowest BCUT2D eigenvalue weighted by molar-refractivity contribution is -0.124. The molecule has 0 aliphatic carbocycles. The van der Waals surface area contributed by atoms with Gasteiger partial charge in [0.15, 0.2) is 0 Å². The summed E-state index contributed by atoms with van der Waals surface area (Å²) in [5, 5.41) is 5.48. The maximum atomic E-state index is 11.5. The van der Waals surface area contributed by atoms with Crippen LogP contribution in [-0.2, 0) is 19.1 Å². The first-order valence-electron chi connectivity index (χ1n) is 8.75. The molecule has 0 aromatic carbocycles. The van der Waals surface area contributed by atoms with Gasteiger partial charge >= 0.3 is 0 Å². The molecule has 0 saturated heterocycles. The van der Waals surface area contributed by atoms with Crippen LogP contribution >= 0.6 is 0 Å². The molecule has 0 aromatic heterocycles. The van der Waals surface area contributed by atoms with Crippen LogP contribution in [0.2, 0.25) is 0 Å². The Balaban J connectivity index is 4.00. The van der Waals surface area contributed by atoms with Crippen LogP contribution in [0.25, 0.3) is 0 Å². The van der Waals surface area contributed by atoms with Crippen molar-refractivity contribution in [3.05, 3.63) is 0 Å². The minimum atomic E-state index is -0.337. The number of carbonyl (C=O) groups is 2. The standard InChI is InChI=1S/C18H36N2O4/c1-14(2)16(22)20-11-9-17(3,4)24-13-10-18(5,6)23-12-8-15(21)19-7/h14H,8-13H2,1-7H3,(H,19,21)(H,20,22). The van der Waals surface area contributed by atoms with Gasteiger partial charge in [-0.1, -0.05) is 13.8 Å². The Kier molecular flexibility index (Phi) is 10.2. The molecule has 6 nitrogen and oxygen atoms in total. The third-order valence-electron chi connectivity index (χ3n) is 3.85. The number of carbonyl (C=O) groups excluding carboxylic acids is 2. The molecular formula is C18H36N2O4. The number of nitrogens with one attached hydrogen (secondary N) is 2. The summed E-state index contributed by atoms with van der Waals surface area (Å²) < 4.78 is 11.7. The number of rotatable bonds is 12. The lowest BCUT2D eigenvalue weighted by Crippen LogP contribution is -2.36. The van der Waals surface area contributed by atoms with Gasteiger partial charge in [-0.05, 0) is 40.5 Å². The molecule has 24 heavy (non-hydrogen) atoms. The van der Waals surface area contributed by atoms with Crippen molar-refractivity contribution in [1.82, 2.24) is 10.6 Å². The molecule has 0 aliphatic heterocycles. The van der Waals surface area contributed by atoms with Crippen LogP contribution < -0.4 is 10.6 Å². The van der Waals surface area contributed by atoms with Crippen LogP contribution in [0.5, 0.6) is 0 Å². The molecule has 2 N–H and O–H groups in total. The van der Waals surface area contributed by atoms with Crippen LogP contribution in [0.3, 0.4) is 0 Å².